The van der Waals surface area contributed by atoms with Gasteiger partial charge in [0.05, 0.1) is 4.92 Å². The minimum absolute atomic E-state index is 0.0404. The van der Waals surface area contributed by atoms with Crippen LogP contribution < -0.4 is 11.1 Å². The van der Waals surface area contributed by atoms with E-state index in [2.05, 4.69) is 15.3 Å². The predicted octanol–water partition coefficient (Wildman–Crippen LogP) is 3.90. The van der Waals surface area contributed by atoms with E-state index < -0.39 is 4.92 Å². The average molecular weight is 356 g/mol. The van der Waals surface area contributed by atoms with Crippen LogP contribution in [-0.4, -0.2) is 14.9 Å². The summed E-state index contributed by atoms with van der Waals surface area (Å²) < 4.78 is 0. The molecule has 7 nitrogen and oxygen atoms in total. The molecule has 3 N–H and O–H groups in total. The zero-order valence-corrected chi connectivity index (χ0v) is 13.8. The Hall–Kier alpha value is -3.19. The molecule has 0 aliphatic carbocycles. The van der Waals surface area contributed by atoms with Crippen molar-refractivity contribution in [2.45, 2.75) is 6.54 Å². The summed E-state index contributed by atoms with van der Waals surface area (Å²) in [4.78, 5) is 18.8. The van der Waals surface area contributed by atoms with Gasteiger partial charge < -0.3 is 11.1 Å². The van der Waals surface area contributed by atoms with E-state index in [-0.39, 0.29) is 11.6 Å². The van der Waals surface area contributed by atoms with Gasteiger partial charge in [0, 0.05) is 35.6 Å². The highest BCUT2D eigenvalue weighted by molar-refractivity contribution is 6.31. The van der Waals surface area contributed by atoms with E-state index in [4.69, 9.17) is 17.3 Å². The summed E-state index contributed by atoms with van der Waals surface area (Å²) in [6, 6.07) is 12.2. The lowest BCUT2D eigenvalue weighted by Crippen LogP contribution is -2.03. The van der Waals surface area contributed by atoms with Crippen LogP contribution in [0.3, 0.4) is 0 Å². The Bertz CT molecular complexity index is 915. The third-order valence-electron chi connectivity index (χ3n) is 3.63. The number of anilines is 2. The zero-order chi connectivity index (χ0) is 17.8. The standard InChI is InChI=1S/C17H14ClN5O2/c18-14-4-2-1-3-12(14)8-20-15-6-5-11(7-16(15)23(24)25)13-9-21-17(19)22-10-13/h1-7,9-10,20H,8H2,(H2,19,21,22). The van der Waals surface area contributed by atoms with Crippen LogP contribution in [0.4, 0.5) is 17.3 Å². The van der Waals surface area contributed by atoms with Gasteiger partial charge in [0.15, 0.2) is 0 Å². The van der Waals surface area contributed by atoms with Crippen LogP contribution >= 0.6 is 11.6 Å². The van der Waals surface area contributed by atoms with Crippen molar-refractivity contribution in [2.75, 3.05) is 11.1 Å². The molecule has 1 aromatic heterocycles. The topological polar surface area (TPSA) is 107 Å². The molecule has 3 rings (SSSR count). The highest BCUT2D eigenvalue weighted by Crippen LogP contribution is 2.31. The number of nitrogen functional groups attached to an aromatic ring is 1. The molecule has 0 unspecified atom stereocenters. The fourth-order valence-electron chi connectivity index (χ4n) is 2.33. The molecule has 8 heteroatoms. The lowest BCUT2D eigenvalue weighted by atomic mass is 10.1. The van der Waals surface area contributed by atoms with Crippen LogP contribution in [0.15, 0.2) is 54.9 Å². The number of nitro groups is 1. The Kier molecular flexibility index (Phi) is 4.76. The van der Waals surface area contributed by atoms with E-state index >= 15 is 0 Å². The Labute approximate surface area is 148 Å². The van der Waals surface area contributed by atoms with E-state index in [0.717, 1.165) is 5.56 Å². The molecule has 3 aromatic rings. The molecule has 2 aromatic carbocycles. The second kappa shape index (κ2) is 7.14. The minimum Gasteiger partial charge on any atom is -0.375 e. The molecule has 0 spiro atoms. The number of hydrogen-bond donors (Lipinski definition) is 2. The molecular weight excluding hydrogens is 342 g/mol. The third kappa shape index (κ3) is 3.84. The van der Waals surface area contributed by atoms with Crippen LogP contribution in [0.25, 0.3) is 11.1 Å². The molecule has 0 aliphatic heterocycles. The summed E-state index contributed by atoms with van der Waals surface area (Å²) in [7, 11) is 0. The molecule has 126 valence electrons. The molecule has 0 aliphatic rings. The summed E-state index contributed by atoms with van der Waals surface area (Å²) in [5.41, 5.74) is 7.97. The normalized spacial score (nSPS) is 10.4. The van der Waals surface area contributed by atoms with Gasteiger partial charge in [-0.05, 0) is 23.3 Å². The van der Waals surface area contributed by atoms with E-state index in [1.165, 1.54) is 18.5 Å². The quantitative estimate of drug-likeness (QED) is 0.531. The first-order valence-corrected chi connectivity index (χ1v) is 7.76. The number of nitrogens with two attached hydrogens (primary N) is 1. The third-order valence-corrected chi connectivity index (χ3v) is 4.00. The zero-order valence-electron chi connectivity index (χ0n) is 13.0. The van der Waals surface area contributed by atoms with Crippen molar-refractivity contribution in [3.63, 3.8) is 0 Å². The Morgan fingerprint density at radius 2 is 1.84 bits per heavy atom. The summed E-state index contributed by atoms with van der Waals surface area (Å²) in [6.45, 7) is 0.380. The van der Waals surface area contributed by atoms with Gasteiger partial charge >= 0.3 is 0 Å². The number of nitrogens with one attached hydrogen (secondary N) is 1. The SMILES string of the molecule is Nc1ncc(-c2ccc(NCc3ccccc3Cl)c([N+](=O)[O-])c2)cn1. The summed E-state index contributed by atoms with van der Waals surface area (Å²) in [6.07, 6.45) is 3.05. The van der Waals surface area contributed by atoms with Gasteiger partial charge in [-0.25, -0.2) is 9.97 Å². The number of hydrogen-bond acceptors (Lipinski definition) is 6. The van der Waals surface area contributed by atoms with Crippen LogP contribution in [0, 0.1) is 10.1 Å². The van der Waals surface area contributed by atoms with Crippen molar-refractivity contribution in [1.82, 2.24) is 9.97 Å². The Morgan fingerprint density at radius 1 is 1.12 bits per heavy atom. The number of aromatic nitrogens is 2. The average Bonchev–Trinajstić information content (AvgIpc) is 2.61. The second-order valence-electron chi connectivity index (χ2n) is 5.26. The van der Waals surface area contributed by atoms with Crippen molar-refractivity contribution >= 4 is 28.9 Å². The van der Waals surface area contributed by atoms with Gasteiger partial charge in [0.25, 0.3) is 5.69 Å². The van der Waals surface area contributed by atoms with Crippen molar-refractivity contribution in [3.8, 4) is 11.1 Å². The van der Waals surface area contributed by atoms with E-state index in [9.17, 15) is 10.1 Å². The summed E-state index contributed by atoms with van der Waals surface area (Å²) in [5, 5.41) is 15.1. The van der Waals surface area contributed by atoms with E-state index in [1.54, 1.807) is 18.2 Å². The fourth-order valence-corrected chi connectivity index (χ4v) is 2.53. The largest absolute Gasteiger partial charge is 0.375 e. The maximum absolute atomic E-state index is 11.4. The molecule has 0 fully saturated rings. The van der Waals surface area contributed by atoms with E-state index in [0.29, 0.717) is 28.4 Å². The van der Waals surface area contributed by atoms with Gasteiger partial charge in [-0.3, -0.25) is 10.1 Å². The van der Waals surface area contributed by atoms with Crippen LogP contribution in [0.2, 0.25) is 5.02 Å². The molecule has 0 radical (unpaired) electrons. The second-order valence-corrected chi connectivity index (χ2v) is 5.67. The molecule has 0 amide bonds. The Balaban J connectivity index is 1.88. The lowest BCUT2D eigenvalue weighted by molar-refractivity contribution is -0.383. The number of nitro benzene ring substituents is 1. The maximum atomic E-state index is 11.4. The molecule has 25 heavy (non-hydrogen) atoms. The first-order valence-electron chi connectivity index (χ1n) is 7.38. The predicted molar refractivity (Wildman–Crippen MR) is 97.3 cm³/mol. The van der Waals surface area contributed by atoms with Crippen LogP contribution in [-0.2, 0) is 6.54 Å². The van der Waals surface area contributed by atoms with Crippen LogP contribution in [0.5, 0.6) is 0 Å². The summed E-state index contributed by atoms with van der Waals surface area (Å²) >= 11 is 6.11. The highest BCUT2D eigenvalue weighted by Gasteiger charge is 2.16. The molecule has 1 heterocycles. The van der Waals surface area contributed by atoms with Crippen molar-refractivity contribution in [1.29, 1.82) is 0 Å². The first-order chi connectivity index (χ1) is 12.0. The maximum Gasteiger partial charge on any atom is 0.292 e. The van der Waals surface area contributed by atoms with Crippen molar-refractivity contribution < 1.29 is 4.92 Å². The monoisotopic (exact) mass is 355 g/mol. The molecule has 0 saturated carbocycles. The number of benzene rings is 2. The number of halogens is 1. The Morgan fingerprint density at radius 3 is 2.52 bits per heavy atom. The van der Waals surface area contributed by atoms with Gasteiger partial charge in [-0.15, -0.1) is 0 Å². The molecular formula is C17H14ClN5O2. The summed E-state index contributed by atoms with van der Waals surface area (Å²) in [5.74, 6) is 0.149. The van der Waals surface area contributed by atoms with Crippen molar-refractivity contribution in [2.24, 2.45) is 0 Å². The van der Waals surface area contributed by atoms with Gasteiger partial charge in [0.1, 0.15) is 5.69 Å². The number of rotatable bonds is 5. The van der Waals surface area contributed by atoms with E-state index in [1.807, 2.05) is 18.2 Å². The smallest absolute Gasteiger partial charge is 0.292 e. The lowest BCUT2D eigenvalue weighted by Gasteiger charge is -2.10. The van der Waals surface area contributed by atoms with Crippen molar-refractivity contribution in [3.05, 3.63) is 75.6 Å². The highest BCUT2D eigenvalue weighted by atomic mass is 35.5. The fraction of sp³-hybridized carbons (Fsp3) is 0.0588. The molecule has 0 atom stereocenters. The molecule has 0 bridgehead atoms. The first kappa shape index (κ1) is 16.7. The molecule has 0 saturated heterocycles. The van der Waals surface area contributed by atoms with Gasteiger partial charge in [0.2, 0.25) is 5.95 Å². The minimum atomic E-state index is -0.434. The van der Waals surface area contributed by atoms with Gasteiger partial charge in [-0.1, -0.05) is 35.9 Å². The van der Waals surface area contributed by atoms with Crippen LogP contribution in [0.1, 0.15) is 5.56 Å². The number of nitrogens with zero attached hydrogens (tertiary/aromatic N) is 3. The van der Waals surface area contributed by atoms with Gasteiger partial charge in [-0.2, -0.15) is 0 Å².